The molecule has 0 aromatic carbocycles. The van der Waals surface area contributed by atoms with E-state index in [1.807, 2.05) is 0 Å². The van der Waals surface area contributed by atoms with Crippen LogP contribution in [0.1, 0.15) is 46.0 Å². The smallest absolute Gasteiger partial charge is 0.340 e. The summed E-state index contributed by atoms with van der Waals surface area (Å²) in [6.07, 6.45) is 0. The Morgan fingerprint density at radius 2 is 1.67 bits per heavy atom. The summed E-state index contributed by atoms with van der Waals surface area (Å²) in [6, 6.07) is 1.54. The third kappa shape index (κ3) is 3.06. The fourth-order valence-corrected chi connectivity index (χ4v) is 1.66. The number of nitrogens with zero attached hydrogens (tertiary/aromatic N) is 1. The van der Waals surface area contributed by atoms with Gasteiger partial charge in [0.2, 0.25) is 0 Å². The summed E-state index contributed by atoms with van der Waals surface area (Å²) in [5, 5.41) is 0. The van der Waals surface area contributed by atoms with Gasteiger partial charge in [-0.1, -0.05) is 0 Å². The zero-order valence-corrected chi connectivity index (χ0v) is 11.1. The molecule has 0 aliphatic rings. The fraction of sp³-hybridized carbons (Fsp3) is 0.462. The molecule has 98 valence electrons. The number of hydrogen-bond donors (Lipinski definition) is 0. The van der Waals surface area contributed by atoms with Crippen molar-refractivity contribution in [2.75, 3.05) is 13.2 Å². The van der Waals surface area contributed by atoms with Gasteiger partial charge in [-0.3, -0.25) is 4.98 Å². The first-order valence-corrected chi connectivity index (χ1v) is 5.83. The summed E-state index contributed by atoms with van der Waals surface area (Å²) in [4.78, 5) is 27.8. The van der Waals surface area contributed by atoms with Gasteiger partial charge in [-0.15, -0.1) is 0 Å². The first-order valence-electron chi connectivity index (χ1n) is 5.83. The van der Waals surface area contributed by atoms with Crippen molar-refractivity contribution >= 4 is 11.9 Å². The molecular weight excluding hydrogens is 234 g/mol. The molecule has 0 bridgehead atoms. The Bertz CT molecular complexity index is 468. The molecule has 1 heterocycles. The molecule has 0 atom stereocenters. The lowest BCUT2D eigenvalue weighted by Gasteiger charge is -2.11. The third-order valence-electron chi connectivity index (χ3n) is 2.30. The molecule has 5 nitrogen and oxygen atoms in total. The largest absolute Gasteiger partial charge is 0.462 e. The Hall–Kier alpha value is -1.91. The van der Waals surface area contributed by atoms with Crippen molar-refractivity contribution in [2.24, 2.45) is 0 Å². The zero-order valence-electron chi connectivity index (χ0n) is 11.1. The van der Waals surface area contributed by atoms with Gasteiger partial charge in [0.15, 0.2) is 0 Å². The minimum atomic E-state index is -0.550. The van der Waals surface area contributed by atoms with Gasteiger partial charge in [-0.2, -0.15) is 0 Å². The molecule has 0 aliphatic heterocycles. The summed E-state index contributed by atoms with van der Waals surface area (Å²) in [5.74, 6) is -1.08. The van der Waals surface area contributed by atoms with Gasteiger partial charge in [0.05, 0.1) is 30.0 Å². The molecule has 0 radical (unpaired) electrons. The molecule has 0 aliphatic carbocycles. The van der Waals surface area contributed by atoms with E-state index in [2.05, 4.69) is 4.98 Å². The van der Waals surface area contributed by atoms with E-state index in [-0.39, 0.29) is 24.3 Å². The molecule has 5 heteroatoms. The van der Waals surface area contributed by atoms with Gasteiger partial charge in [0.1, 0.15) is 0 Å². The highest BCUT2D eigenvalue weighted by Gasteiger charge is 2.22. The van der Waals surface area contributed by atoms with E-state index in [0.717, 1.165) is 0 Å². The fourth-order valence-electron chi connectivity index (χ4n) is 1.66. The highest BCUT2D eigenvalue weighted by molar-refractivity contribution is 6.03. The molecular formula is C13H17NO4. The molecule has 0 saturated heterocycles. The van der Waals surface area contributed by atoms with Crippen LogP contribution < -0.4 is 0 Å². The van der Waals surface area contributed by atoms with Crippen molar-refractivity contribution in [1.29, 1.82) is 0 Å². The van der Waals surface area contributed by atoms with E-state index >= 15 is 0 Å². The van der Waals surface area contributed by atoms with E-state index in [1.54, 1.807) is 27.7 Å². The topological polar surface area (TPSA) is 65.5 Å². The normalized spacial score (nSPS) is 10.0. The number of aryl methyl sites for hydroxylation is 2. The SMILES string of the molecule is CCOC(=O)c1cc(C)nc(C)c1C(=O)OCC. The monoisotopic (exact) mass is 251 g/mol. The lowest BCUT2D eigenvalue weighted by atomic mass is 10.1. The van der Waals surface area contributed by atoms with Crippen LogP contribution in [-0.2, 0) is 9.47 Å². The van der Waals surface area contributed by atoms with E-state index in [4.69, 9.17) is 9.47 Å². The number of ether oxygens (including phenoxy) is 2. The molecule has 1 aromatic heterocycles. The maximum Gasteiger partial charge on any atom is 0.340 e. The number of esters is 2. The minimum Gasteiger partial charge on any atom is -0.462 e. The van der Waals surface area contributed by atoms with E-state index < -0.39 is 11.9 Å². The Kier molecular flexibility index (Phi) is 4.83. The average Bonchev–Trinajstić information content (AvgIpc) is 2.28. The average molecular weight is 251 g/mol. The van der Waals surface area contributed by atoms with Gasteiger partial charge >= 0.3 is 11.9 Å². The number of aromatic nitrogens is 1. The number of pyridine rings is 1. The predicted molar refractivity (Wildman–Crippen MR) is 65.6 cm³/mol. The maximum absolute atomic E-state index is 11.8. The molecule has 0 amide bonds. The van der Waals surface area contributed by atoms with Crippen LogP contribution in [-0.4, -0.2) is 30.1 Å². The summed E-state index contributed by atoms with van der Waals surface area (Å²) >= 11 is 0. The number of carbonyl (C=O) groups excluding carboxylic acids is 2. The lowest BCUT2D eigenvalue weighted by molar-refractivity contribution is 0.0477. The van der Waals surface area contributed by atoms with Crippen molar-refractivity contribution in [1.82, 2.24) is 4.98 Å². The Morgan fingerprint density at radius 1 is 1.11 bits per heavy atom. The maximum atomic E-state index is 11.8. The molecule has 18 heavy (non-hydrogen) atoms. The second-order valence-electron chi connectivity index (χ2n) is 3.71. The molecule has 1 aromatic rings. The minimum absolute atomic E-state index is 0.181. The van der Waals surface area contributed by atoms with Crippen LogP contribution in [0.4, 0.5) is 0 Å². The summed E-state index contributed by atoms with van der Waals surface area (Å²) in [5.41, 5.74) is 1.52. The summed E-state index contributed by atoms with van der Waals surface area (Å²) in [6.45, 7) is 7.34. The Labute approximate surface area is 106 Å². The van der Waals surface area contributed by atoms with Crippen molar-refractivity contribution in [3.05, 3.63) is 28.6 Å². The second kappa shape index (κ2) is 6.14. The van der Waals surface area contributed by atoms with Crippen LogP contribution >= 0.6 is 0 Å². The van der Waals surface area contributed by atoms with Gasteiger partial charge in [-0.25, -0.2) is 9.59 Å². The van der Waals surface area contributed by atoms with Crippen LogP contribution in [0, 0.1) is 13.8 Å². The summed E-state index contributed by atoms with van der Waals surface area (Å²) in [7, 11) is 0. The third-order valence-corrected chi connectivity index (χ3v) is 2.30. The highest BCUT2D eigenvalue weighted by atomic mass is 16.5. The first-order chi connectivity index (χ1) is 8.51. The number of hydrogen-bond acceptors (Lipinski definition) is 5. The van der Waals surface area contributed by atoms with Crippen LogP contribution in [0.3, 0.4) is 0 Å². The van der Waals surface area contributed by atoms with Crippen LogP contribution in [0.5, 0.6) is 0 Å². The highest BCUT2D eigenvalue weighted by Crippen LogP contribution is 2.17. The Morgan fingerprint density at radius 3 is 2.22 bits per heavy atom. The van der Waals surface area contributed by atoms with Crippen molar-refractivity contribution in [2.45, 2.75) is 27.7 Å². The summed E-state index contributed by atoms with van der Waals surface area (Å²) < 4.78 is 9.86. The van der Waals surface area contributed by atoms with E-state index in [9.17, 15) is 9.59 Å². The zero-order chi connectivity index (χ0) is 13.7. The lowest BCUT2D eigenvalue weighted by Crippen LogP contribution is -2.17. The number of rotatable bonds is 4. The van der Waals surface area contributed by atoms with Gasteiger partial charge in [0, 0.05) is 5.69 Å². The molecule has 0 fully saturated rings. The van der Waals surface area contributed by atoms with E-state index in [0.29, 0.717) is 11.4 Å². The van der Waals surface area contributed by atoms with E-state index in [1.165, 1.54) is 6.07 Å². The quantitative estimate of drug-likeness (QED) is 0.766. The molecule has 0 N–H and O–H groups in total. The Balaban J connectivity index is 3.29. The predicted octanol–water partition coefficient (Wildman–Crippen LogP) is 2.05. The van der Waals surface area contributed by atoms with Crippen LogP contribution in [0.25, 0.3) is 0 Å². The molecule has 1 rings (SSSR count). The number of carbonyl (C=O) groups is 2. The van der Waals surface area contributed by atoms with Crippen molar-refractivity contribution < 1.29 is 19.1 Å². The van der Waals surface area contributed by atoms with Gasteiger partial charge < -0.3 is 9.47 Å². The van der Waals surface area contributed by atoms with Crippen LogP contribution in [0.2, 0.25) is 0 Å². The van der Waals surface area contributed by atoms with Gasteiger partial charge in [0.25, 0.3) is 0 Å². The van der Waals surface area contributed by atoms with Gasteiger partial charge in [-0.05, 0) is 33.8 Å². The van der Waals surface area contributed by atoms with Crippen molar-refractivity contribution in [3.8, 4) is 0 Å². The van der Waals surface area contributed by atoms with Crippen LogP contribution in [0.15, 0.2) is 6.07 Å². The standard InChI is InChI=1S/C13H17NO4/c1-5-17-12(15)10-7-8(3)14-9(4)11(10)13(16)18-6-2/h7H,5-6H2,1-4H3. The second-order valence-corrected chi connectivity index (χ2v) is 3.71. The molecule has 0 unspecified atom stereocenters. The first kappa shape index (κ1) is 14.2. The molecule has 0 spiro atoms. The van der Waals surface area contributed by atoms with Crippen molar-refractivity contribution in [3.63, 3.8) is 0 Å². The molecule has 0 saturated carbocycles.